The lowest BCUT2D eigenvalue weighted by Crippen LogP contribution is -2.43. The molecule has 1 N–H and O–H groups in total. The Morgan fingerprint density at radius 3 is 2.80 bits per heavy atom. The summed E-state index contributed by atoms with van der Waals surface area (Å²) in [6, 6.07) is 4.77. The number of aromatic nitrogens is 3. The van der Waals surface area contributed by atoms with Gasteiger partial charge in [0.15, 0.2) is 11.0 Å². The molecule has 1 saturated heterocycles. The minimum atomic E-state index is -0.489. The van der Waals surface area contributed by atoms with E-state index in [0.29, 0.717) is 22.1 Å². The molecule has 3 heterocycles. The number of ether oxygens (including phenoxy) is 1. The second-order valence-corrected chi connectivity index (χ2v) is 9.99. The molecule has 3 aromatic rings. The van der Waals surface area contributed by atoms with Crippen molar-refractivity contribution in [2.24, 2.45) is 0 Å². The van der Waals surface area contributed by atoms with Gasteiger partial charge in [-0.05, 0) is 43.7 Å². The summed E-state index contributed by atoms with van der Waals surface area (Å²) in [6.45, 7) is 3.29. The number of hydrogen-bond donors (Lipinski definition) is 1. The quantitative estimate of drug-likeness (QED) is 0.560. The number of piperidine rings is 1. The molecule has 2 aliphatic rings. The standard InChI is InChI=1S/C26H26FN5O2S/c1-16(33)29-25-30-21-7-5-18-15-28-24(31-22(18)23(21)35-25)19-14-17(4-6-20(19)27)8-9-26(34-3)10-12-32(2)13-11-26/h4,6,14-15H,5,7,10-13H2,1-3H3,(H,29,30,33). The molecule has 35 heavy (non-hydrogen) atoms. The fraction of sp³-hybridized carbons (Fsp3) is 0.385. The van der Waals surface area contributed by atoms with Crippen LogP contribution in [0.3, 0.4) is 0 Å². The predicted molar refractivity (Wildman–Crippen MR) is 134 cm³/mol. The Kier molecular flexibility index (Phi) is 6.36. The molecule has 0 unspecified atom stereocenters. The lowest BCUT2D eigenvalue weighted by Gasteiger charge is -2.35. The molecule has 5 rings (SSSR count). The molecule has 7 nitrogen and oxygen atoms in total. The number of carbonyl (C=O) groups excluding carboxylic acids is 1. The van der Waals surface area contributed by atoms with Crippen LogP contribution in [0.25, 0.3) is 22.0 Å². The van der Waals surface area contributed by atoms with E-state index in [0.717, 1.165) is 60.6 Å². The fourth-order valence-electron chi connectivity index (χ4n) is 4.40. The number of aryl methyl sites for hydroxylation is 2. The van der Waals surface area contributed by atoms with Crippen molar-refractivity contribution in [3.05, 3.63) is 47.0 Å². The normalized spacial score (nSPS) is 16.6. The number of halogens is 1. The van der Waals surface area contributed by atoms with Gasteiger partial charge in [0.05, 0.1) is 21.8 Å². The van der Waals surface area contributed by atoms with E-state index in [1.165, 1.54) is 24.3 Å². The van der Waals surface area contributed by atoms with Crippen molar-refractivity contribution < 1.29 is 13.9 Å². The number of nitrogens with one attached hydrogen (secondary N) is 1. The number of amides is 1. The van der Waals surface area contributed by atoms with E-state index in [9.17, 15) is 9.18 Å². The Bertz CT molecular complexity index is 1350. The highest BCUT2D eigenvalue weighted by Crippen LogP contribution is 2.39. The van der Waals surface area contributed by atoms with Crippen LogP contribution in [0, 0.1) is 17.7 Å². The van der Waals surface area contributed by atoms with Crippen molar-refractivity contribution in [1.82, 2.24) is 19.9 Å². The molecule has 0 atom stereocenters. The lowest BCUT2D eigenvalue weighted by atomic mass is 9.91. The largest absolute Gasteiger partial charge is 0.365 e. The van der Waals surface area contributed by atoms with Crippen LogP contribution in [0.1, 0.15) is 36.6 Å². The molecule has 1 aliphatic heterocycles. The molecule has 0 spiro atoms. The first kappa shape index (κ1) is 23.5. The first-order valence-corrected chi connectivity index (χ1v) is 12.4. The van der Waals surface area contributed by atoms with Crippen LogP contribution in [0.15, 0.2) is 24.4 Å². The van der Waals surface area contributed by atoms with Gasteiger partial charge in [-0.3, -0.25) is 4.79 Å². The van der Waals surface area contributed by atoms with Gasteiger partial charge in [-0.25, -0.2) is 19.3 Å². The average Bonchev–Trinajstić information content (AvgIpc) is 3.27. The summed E-state index contributed by atoms with van der Waals surface area (Å²) in [5.41, 5.74) is 3.11. The maximum atomic E-state index is 14.9. The van der Waals surface area contributed by atoms with Crippen LogP contribution in [0.5, 0.6) is 0 Å². The lowest BCUT2D eigenvalue weighted by molar-refractivity contribution is -0.114. The second-order valence-electron chi connectivity index (χ2n) is 8.99. The minimum Gasteiger partial charge on any atom is -0.365 e. The van der Waals surface area contributed by atoms with Gasteiger partial charge in [-0.2, -0.15) is 0 Å². The SMILES string of the molecule is COC1(C#Cc2ccc(F)c(-c3ncc4c(n3)-c3sc(NC(C)=O)nc3CC4)c2)CCN(C)CC1. The number of likely N-dealkylation sites (tertiary alicyclic amines) is 1. The van der Waals surface area contributed by atoms with Crippen LogP contribution < -0.4 is 5.32 Å². The Balaban J connectivity index is 1.48. The van der Waals surface area contributed by atoms with Crippen LogP contribution in [-0.2, 0) is 22.4 Å². The van der Waals surface area contributed by atoms with Crippen molar-refractivity contribution in [3.8, 4) is 33.8 Å². The molecule has 2 aromatic heterocycles. The number of benzene rings is 1. The third kappa shape index (κ3) is 4.82. The summed E-state index contributed by atoms with van der Waals surface area (Å²) in [7, 11) is 3.79. The van der Waals surface area contributed by atoms with Crippen molar-refractivity contribution >= 4 is 22.4 Å². The minimum absolute atomic E-state index is 0.171. The fourth-order valence-corrected chi connectivity index (χ4v) is 5.48. The highest BCUT2D eigenvalue weighted by atomic mass is 32.1. The topological polar surface area (TPSA) is 80.2 Å². The summed E-state index contributed by atoms with van der Waals surface area (Å²) < 4.78 is 20.7. The zero-order chi connectivity index (χ0) is 24.6. The molecule has 9 heteroatoms. The third-order valence-corrected chi connectivity index (χ3v) is 7.54. The van der Waals surface area contributed by atoms with Gasteiger partial charge in [0.2, 0.25) is 5.91 Å². The molecular weight excluding hydrogens is 465 g/mol. The number of carbonyl (C=O) groups is 1. The number of methoxy groups -OCH3 is 1. The zero-order valence-corrected chi connectivity index (χ0v) is 20.8. The van der Waals surface area contributed by atoms with Crippen LogP contribution >= 0.6 is 11.3 Å². The zero-order valence-electron chi connectivity index (χ0n) is 19.9. The van der Waals surface area contributed by atoms with Crippen LogP contribution in [0.2, 0.25) is 0 Å². The number of anilines is 1. The van der Waals surface area contributed by atoms with E-state index in [4.69, 9.17) is 9.72 Å². The van der Waals surface area contributed by atoms with Crippen LogP contribution in [-0.4, -0.2) is 58.6 Å². The molecule has 0 saturated carbocycles. The Morgan fingerprint density at radius 2 is 2.06 bits per heavy atom. The first-order valence-electron chi connectivity index (χ1n) is 11.6. The Morgan fingerprint density at radius 1 is 1.26 bits per heavy atom. The maximum Gasteiger partial charge on any atom is 0.223 e. The van der Waals surface area contributed by atoms with Crippen molar-refractivity contribution in [2.45, 2.75) is 38.2 Å². The average molecular weight is 492 g/mol. The van der Waals surface area contributed by atoms with E-state index >= 15 is 0 Å². The Hall–Kier alpha value is -3.19. The number of thiazole rings is 1. The predicted octanol–water partition coefficient (Wildman–Crippen LogP) is 3.93. The second kappa shape index (κ2) is 9.46. The number of rotatable bonds is 3. The van der Waals surface area contributed by atoms with Gasteiger partial charge < -0.3 is 15.0 Å². The van der Waals surface area contributed by atoms with E-state index in [1.54, 1.807) is 25.4 Å². The first-order chi connectivity index (χ1) is 16.9. The molecular formula is C26H26FN5O2S. The van der Waals surface area contributed by atoms with Gasteiger partial charge in [-0.15, -0.1) is 0 Å². The van der Waals surface area contributed by atoms with Crippen molar-refractivity contribution in [3.63, 3.8) is 0 Å². The number of nitrogens with zero attached hydrogens (tertiary/aromatic N) is 4. The number of fused-ring (bicyclic) bond motifs is 3. The van der Waals surface area contributed by atoms with Gasteiger partial charge in [-0.1, -0.05) is 23.2 Å². The summed E-state index contributed by atoms with van der Waals surface area (Å²) in [4.78, 5) is 28.3. The highest BCUT2D eigenvalue weighted by Gasteiger charge is 2.31. The van der Waals surface area contributed by atoms with Crippen LogP contribution in [0.4, 0.5) is 9.52 Å². The van der Waals surface area contributed by atoms with Gasteiger partial charge in [0, 0.05) is 51.7 Å². The van der Waals surface area contributed by atoms with Gasteiger partial charge in [0.1, 0.15) is 11.4 Å². The smallest absolute Gasteiger partial charge is 0.223 e. The van der Waals surface area contributed by atoms with E-state index in [2.05, 4.69) is 39.1 Å². The molecule has 1 aromatic carbocycles. The molecule has 1 aliphatic carbocycles. The van der Waals surface area contributed by atoms with E-state index in [-0.39, 0.29) is 5.91 Å². The maximum absolute atomic E-state index is 14.9. The third-order valence-electron chi connectivity index (χ3n) is 6.52. The van der Waals surface area contributed by atoms with Crippen molar-refractivity contribution in [1.29, 1.82) is 0 Å². The molecule has 0 bridgehead atoms. The van der Waals surface area contributed by atoms with Gasteiger partial charge in [0.25, 0.3) is 0 Å². The molecule has 1 amide bonds. The van der Waals surface area contributed by atoms with E-state index < -0.39 is 11.4 Å². The monoisotopic (exact) mass is 491 g/mol. The summed E-state index contributed by atoms with van der Waals surface area (Å²) >= 11 is 1.38. The molecule has 1 fully saturated rings. The summed E-state index contributed by atoms with van der Waals surface area (Å²) in [6.07, 6.45) is 4.90. The van der Waals surface area contributed by atoms with Gasteiger partial charge >= 0.3 is 0 Å². The van der Waals surface area contributed by atoms with Crippen molar-refractivity contribution in [2.75, 3.05) is 32.6 Å². The number of hydrogen-bond acceptors (Lipinski definition) is 7. The highest BCUT2D eigenvalue weighted by molar-refractivity contribution is 7.19. The summed E-state index contributed by atoms with van der Waals surface area (Å²) in [5.74, 6) is 6.21. The summed E-state index contributed by atoms with van der Waals surface area (Å²) in [5, 5.41) is 3.29. The molecule has 180 valence electrons. The molecule has 0 radical (unpaired) electrons. The Labute approximate surface area is 207 Å². The van der Waals surface area contributed by atoms with E-state index in [1.807, 2.05) is 0 Å².